The van der Waals surface area contributed by atoms with Gasteiger partial charge in [-0.2, -0.15) is 0 Å². The highest BCUT2D eigenvalue weighted by Crippen LogP contribution is 2.21. The summed E-state index contributed by atoms with van der Waals surface area (Å²) in [5, 5.41) is 15.0. The average Bonchev–Trinajstić information content (AvgIpc) is 3.12. The summed E-state index contributed by atoms with van der Waals surface area (Å²) in [5.41, 5.74) is 2.13. The Balaban J connectivity index is 1.61. The van der Waals surface area contributed by atoms with Crippen molar-refractivity contribution in [3.8, 4) is 5.75 Å². The third-order valence-corrected chi connectivity index (χ3v) is 4.37. The van der Waals surface area contributed by atoms with Gasteiger partial charge in [-0.15, -0.1) is 5.10 Å². The molecule has 1 N–H and O–H groups in total. The zero-order chi connectivity index (χ0) is 19.4. The van der Waals surface area contributed by atoms with Crippen molar-refractivity contribution in [2.75, 3.05) is 5.32 Å². The molecule has 7 nitrogen and oxygen atoms in total. The summed E-state index contributed by atoms with van der Waals surface area (Å²) in [6.45, 7) is 6.15. The van der Waals surface area contributed by atoms with Gasteiger partial charge in [-0.1, -0.05) is 17.7 Å². The molecule has 0 atom stereocenters. The molecule has 8 heteroatoms. The minimum atomic E-state index is -0.217. The number of carbonyl (C=O) groups is 1. The van der Waals surface area contributed by atoms with E-state index in [2.05, 4.69) is 20.8 Å². The van der Waals surface area contributed by atoms with Gasteiger partial charge in [0.25, 0.3) is 5.91 Å². The molecule has 1 aromatic heterocycles. The number of amides is 1. The molecule has 3 aromatic rings. The predicted molar refractivity (Wildman–Crippen MR) is 103 cm³/mol. The summed E-state index contributed by atoms with van der Waals surface area (Å²) < 4.78 is 7.41. The lowest BCUT2D eigenvalue weighted by atomic mass is 10.2. The summed E-state index contributed by atoms with van der Waals surface area (Å²) in [4.78, 5) is 12.4. The number of nitrogens with one attached hydrogen (secondary N) is 1. The number of aryl methyl sites for hydroxylation is 1. The van der Waals surface area contributed by atoms with Gasteiger partial charge in [0, 0.05) is 16.3 Å². The van der Waals surface area contributed by atoms with Gasteiger partial charge in [-0.3, -0.25) is 4.79 Å². The Kier molecular flexibility index (Phi) is 5.71. The van der Waals surface area contributed by atoms with Crippen molar-refractivity contribution in [1.29, 1.82) is 0 Å². The Hall–Kier alpha value is -2.93. The summed E-state index contributed by atoms with van der Waals surface area (Å²) in [6.07, 6.45) is 0. The fraction of sp³-hybridized carbons (Fsp3) is 0.263. The van der Waals surface area contributed by atoms with Gasteiger partial charge in [0.2, 0.25) is 0 Å². The number of tetrazole rings is 1. The van der Waals surface area contributed by atoms with Crippen LogP contribution < -0.4 is 10.1 Å². The van der Waals surface area contributed by atoms with E-state index >= 15 is 0 Å². The lowest BCUT2D eigenvalue weighted by Crippen LogP contribution is -2.12. The smallest absolute Gasteiger partial charge is 0.255 e. The molecule has 1 heterocycles. The molecular weight excluding hydrogens is 366 g/mol. The van der Waals surface area contributed by atoms with Crippen LogP contribution in [0.4, 0.5) is 5.69 Å². The maximum atomic E-state index is 12.4. The maximum absolute atomic E-state index is 12.4. The summed E-state index contributed by atoms with van der Waals surface area (Å²) in [7, 11) is 0. The van der Waals surface area contributed by atoms with E-state index in [-0.39, 0.29) is 18.6 Å². The highest BCUT2D eigenvalue weighted by atomic mass is 35.5. The SMILES string of the molecule is Cc1ccc(NC(=O)c2ccc(OCc3nnnn3C(C)C)cc2)cc1Cl. The molecule has 0 aliphatic heterocycles. The number of ether oxygens (including phenoxy) is 1. The molecule has 0 aliphatic carbocycles. The van der Waals surface area contributed by atoms with Crippen molar-refractivity contribution in [2.24, 2.45) is 0 Å². The van der Waals surface area contributed by atoms with Crippen LogP contribution in [0, 0.1) is 6.92 Å². The Bertz CT molecular complexity index is 938. The molecule has 0 spiro atoms. The summed E-state index contributed by atoms with van der Waals surface area (Å²) in [6, 6.07) is 12.4. The second-order valence-corrected chi connectivity index (χ2v) is 6.77. The first-order valence-electron chi connectivity index (χ1n) is 8.51. The number of carbonyl (C=O) groups excluding carboxylic acids is 1. The summed E-state index contributed by atoms with van der Waals surface area (Å²) in [5.74, 6) is 1.05. The fourth-order valence-corrected chi connectivity index (χ4v) is 2.61. The third kappa shape index (κ3) is 4.62. The number of hydrogen-bond acceptors (Lipinski definition) is 5. The van der Waals surface area contributed by atoms with E-state index in [1.807, 2.05) is 32.9 Å². The lowest BCUT2D eigenvalue weighted by molar-refractivity contribution is 0.102. The van der Waals surface area contributed by atoms with Gasteiger partial charge in [0.05, 0.1) is 6.04 Å². The van der Waals surface area contributed by atoms with Crippen molar-refractivity contribution < 1.29 is 9.53 Å². The normalized spacial score (nSPS) is 10.9. The number of nitrogens with zero attached hydrogens (tertiary/aromatic N) is 4. The Labute approximate surface area is 162 Å². The molecule has 2 aromatic carbocycles. The van der Waals surface area contributed by atoms with Crippen LogP contribution in [0.1, 0.15) is 41.6 Å². The van der Waals surface area contributed by atoms with E-state index < -0.39 is 0 Å². The standard InChI is InChI=1S/C19H20ClN5O2/c1-12(2)25-18(22-23-24-25)11-27-16-8-5-14(6-9-16)19(26)21-15-7-4-13(3)17(20)10-15/h4-10,12H,11H2,1-3H3,(H,21,26). The molecule has 27 heavy (non-hydrogen) atoms. The van der Waals surface area contributed by atoms with E-state index in [9.17, 15) is 4.79 Å². The quantitative estimate of drug-likeness (QED) is 0.692. The van der Waals surface area contributed by atoms with Crippen LogP contribution >= 0.6 is 11.6 Å². The molecule has 1 amide bonds. The molecule has 0 radical (unpaired) electrons. The summed E-state index contributed by atoms with van der Waals surface area (Å²) >= 11 is 6.09. The van der Waals surface area contributed by atoms with Gasteiger partial charge in [0.1, 0.15) is 12.4 Å². The van der Waals surface area contributed by atoms with Crippen molar-refractivity contribution in [2.45, 2.75) is 33.4 Å². The number of anilines is 1. The number of aromatic nitrogens is 4. The molecule has 0 saturated heterocycles. The largest absolute Gasteiger partial charge is 0.486 e. The molecule has 140 valence electrons. The monoisotopic (exact) mass is 385 g/mol. The number of halogens is 1. The van der Waals surface area contributed by atoms with Crippen molar-refractivity contribution in [1.82, 2.24) is 20.2 Å². The minimum Gasteiger partial charge on any atom is -0.486 e. The van der Waals surface area contributed by atoms with Gasteiger partial charge < -0.3 is 10.1 Å². The van der Waals surface area contributed by atoms with E-state index in [0.717, 1.165) is 5.56 Å². The topological polar surface area (TPSA) is 81.9 Å². The van der Waals surface area contributed by atoms with Crippen LogP contribution in [-0.2, 0) is 6.61 Å². The van der Waals surface area contributed by atoms with Crippen molar-refractivity contribution >= 4 is 23.2 Å². The molecule has 0 fully saturated rings. The highest BCUT2D eigenvalue weighted by Gasteiger charge is 2.11. The van der Waals surface area contributed by atoms with Crippen LogP contribution in [0.25, 0.3) is 0 Å². The van der Waals surface area contributed by atoms with Crippen molar-refractivity contribution in [3.05, 3.63) is 64.4 Å². The highest BCUT2D eigenvalue weighted by molar-refractivity contribution is 6.31. The van der Waals surface area contributed by atoms with Gasteiger partial charge in [-0.25, -0.2) is 4.68 Å². The molecule has 0 aliphatic rings. The van der Waals surface area contributed by atoms with E-state index in [0.29, 0.717) is 27.8 Å². The fourth-order valence-electron chi connectivity index (χ4n) is 2.43. The zero-order valence-electron chi connectivity index (χ0n) is 15.3. The Morgan fingerprint density at radius 3 is 2.63 bits per heavy atom. The first-order chi connectivity index (χ1) is 12.9. The minimum absolute atomic E-state index is 0.153. The first-order valence-corrected chi connectivity index (χ1v) is 8.89. The number of rotatable bonds is 6. The number of benzene rings is 2. The molecule has 0 unspecified atom stereocenters. The third-order valence-electron chi connectivity index (χ3n) is 3.96. The predicted octanol–water partition coefficient (Wildman–Crippen LogP) is 4.05. The van der Waals surface area contributed by atoms with Gasteiger partial charge in [-0.05, 0) is 73.2 Å². The molecule has 0 saturated carbocycles. The zero-order valence-corrected chi connectivity index (χ0v) is 16.1. The van der Waals surface area contributed by atoms with Crippen LogP contribution in [0.3, 0.4) is 0 Å². The second kappa shape index (κ2) is 8.18. The lowest BCUT2D eigenvalue weighted by Gasteiger charge is -2.10. The van der Waals surface area contributed by atoms with E-state index in [1.165, 1.54) is 0 Å². The number of hydrogen-bond donors (Lipinski definition) is 1. The first kappa shape index (κ1) is 18.8. The van der Waals surface area contributed by atoms with Gasteiger partial charge >= 0.3 is 0 Å². The maximum Gasteiger partial charge on any atom is 0.255 e. The van der Waals surface area contributed by atoms with Crippen LogP contribution in [0.5, 0.6) is 5.75 Å². The van der Waals surface area contributed by atoms with Crippen molar-refractivity contribution in [3.63, 3.8) is 0 Å². The van der Waals surface area contributed by atoms with Crippen LogP contribution in [-0.4, -0.2) is 26.1 Å². The Morgan fingerprint density at radius 1 is 1.22 bits per heavy atom. The Morgan fingerprint density at radius 2 is 1.96 bits per heavy atom. The van der Waals surface area contributed by atoms with Gasteiger partial charge in [0.15, 0.2) is 5.82 Å². The second-order valence-electron chi connectivity index (χ2n) is 6.36. The molecular formula is C19H20ClN5O2. The van der Waals surface area contributed by atoms with E-state index in [1.54, 1.807) is 35.0 Å². The van der Waals surface area contributed by atoms with E-state index in [4.69, 9.17) is 16.3 Å². The molecule has 0 bridgehead atoms. The average molecular weight is 386 g/mol. The van der Waals surface area contributed by atoms with Crippen LogP contribution in [0.15, 0.2) is 42.5 Å². The molecule has 3 rings (SSSR count). The van der Waals surface area contributed by atoms with Crippen LogP contribution in [0.2, 0.25) is 5.02 Å².